The molecule has 32 heavy (non-hydrogen) atoms. The number of hydrogen-bond acceptors (Lipinski definition) is 3. The Bertz CT molecular complexity index is 1320. The highest BCUT2D eigenvalue weighted by Gasteiger charge is 2.34. The van der Waals surface area contributed by atoms with Crippen molar-refractivity contribution in [3.05, 3.63) is 80.1 Å². The molecule has 3 aromatic rings. The van der Waals surface area contributed by atoms with E-state index in [1.54, 1.807) is 35.8 Å². The highest BCUT2D eigenvalue weighted by atomic mass is 35.5. The fourth-order valence-corrected chi connectivity index (χ4v) is 3.83. The van der Waals surface area contributed by atoms with Crippen LogP contribution in [0.3, 0.4) is 0 Å². The maximum absolute atomic E-state index is 13.5. The number of benzene rings is 2. The van der Waals surface area contributed by atoms with E-state index in [-0.39, 0.29) is 23.4 Å². The summed E-state index contributed by atoms with van der Waals surface area (Å²) in [6, 6.07) is 10.6. The Balaban J connectivity index is 2.44. The lowest BCUT2D eigenvalue weighted by Gasteiger charge is -2.21. The van der Waals surface area contributed by atoms with Crippen LogP contribution in [0, 0.1) is 18.3 Å². The second-order valence-electron chi connectivity index (χ2n) is 6.94. The maximum Gasteiger partial charge on any atom is 0.417 e. The summed E-state index contributed by atoms with van der Waals surface area (Å²) in [5, 5.41) is 19.3. The summed E-state index contributed by atoms with van der Waals surface area (Å²) in [6.07, 6.45) is -4.82. The Morgan fingerprint density at radius 1 is 1.16 bits per heavy atom. The molecule has 164 valence electrons. The third-order valence-corrected chi connectivity index (χ3v) is 5.36. The Morgan fingerprint density at radius 2 is 1.75 bits per heavy atom. The van der Waals surface area contributed by atoms with Gasteiger partial charge in [0.2, 0.25) is 5.43 Å². The standard InChI is InChI=1S/C23H16ClF3N2O3/c1-3-29-12(2)18(14-4-5-15(11-28)17(10-14)23(25,26)27)21(30)19(22(31)32)20(29)13-6-8-16(24)9-7-13/h4-10H,3H2,1-2H3,(H,31,32). The fourth-order valence-electron chi connectivity index (χ4n) is 3.71. The molecule has 0 aliphatic rings. The van der Waals surface area contributed by atoms with E-state index >= 15 is 0 Å². The van der Waals surface area contributed by atoms with E-state index in [9.17, 15) is 27.9 Å². The van der Waals surface area contributed by atoms with Crippen LogP contribution in [0.5, 0.6) is 0 Å². The number of hydrogen-bond donors (Lipinski definition) is 1. The molecular formula is C23H16ClF3N2O3. The quantitative estimate of drug-likeness (QED) is 0.537. The lowest BCUT2D eigenvalue weighted by atomic mass is 9.94. The lowest BCUT2D eigenvalue weighted by Crippen LogP contribution is -2.25. The summed E-state index contributed by atoms with van der Waals surface area (Å²) in [5.41, 5.74) is -2.70. The molecule has 0 bridgehead atoms. The molecule has 1 N–H and O–H groups in total. The molecule has 9 heteroatoms. The first kappa shape index (κ1) is 23.1. The van der Waals surface area contributed by atoms with E-state index in [2.05, 4.69) is 0 Å². The highest BCUT2D eigenvalue weighted by Crippen LogP contribution is 2.36. The van der Waals surface area contributed by atoms with Crippen molar-refractivity contribution in [2.75, 3.05) is 0 Å². The molecule has 0 unspecified atom stereocenters. The first-order valence-electron chi connectivity index (χ1n) is 9.39. The second-order valence-corrected chi connectivity index (χ2v) is 7.38. The zero-order valence-electron chi connectivity index (χ0n) is 16.9. The SMILES string of the molecule is CCn1c(C)c(-c2ccc(C#N)c(C(F)(F)F)c2)c(=O)c(C(=O)O)c1-c1ccc(Cl)cc1. The molecule has 0 amide bonds. The number of carbonyl (C=O) groups is 1. The van der Waals surface area contributed by atoms with E-state index in [1.807, 2.05) is 0 Å². The average molecular weight is 461 g/mol. The van der Waals surface area contributed by atoms with Crippen LogP contribution in [0.25, 0.3) is 22.4 Å². The minimum absolute atomic E-state index is 0.119. The van der Waals surface area contributed by atoms with E-state index in [0.717, 1.165) is 6.07 Å². The predicted molar refractivity (Wildman–Crippen MR) is 114 cm³/mol. The minimum Gasteiger partial charge on any atom is -0.477 e. The smallest absolute Gasteiger partial charge is 0.417 e. The van der Waals surface area contributed by atoms with Crippen molar-refractivity contribution in [2.24, 2.45) is 0 Å². The Kier molecular flexibility index (Phi) is 6.15. The fraction of sp³-hybridized carbons (Fsp3) is 0.174. The van der Waals surface area contributed by atoms with Crippen LogP contribution in [-0.4, -0.2) is 15.6 Å². The number of alkyl halides is 3. The third-order valence-electron chi connectivity index (χ3n) is 5.11. The van der Waals surface area contributed by atoms with Crippen LogP contribution in [0.15, 0.2) is 47.3 Å². The zero-order chi connectivity index (χ0) is 23.8. The minimum atomic E-state index is -4.82. The van der Waals surface area contributed by atoms with Crippen molar-refractivity contribution < 1.29 is 23.1 Å². The van der Waals surface area contributed by atoms with Crippen molar-refractivity contribution in [1.82, 2.24) is 4.57 Å². The predicted octanol–water partition coefficient (Wildman–Crippen LogP) is 5.75. The van der Waals surface area contributed by atoms with Gasteiger partial charge in [0, 0.05) is 22.8 Å². The number of carboxylic acids is 1. The number of aromatic nitrogens is 1. The van der Waals surface area contributed by atoms with Crippen LogP contribution < -0.4 is 5.43 Å². The van der Waals surface area contributed by atoms with E-state index < -0.39 is 34.3 Å². The molecule has 0 fully saturated rings. The van der Waals surface area contributed by atoms with Gasteiger partial charge in [-0.15, -0.1) is 0 Å². The van der Waals surface area contributed by atoms with Gasteiger partial charge in [-0.05, 0) is 49.2 Å². The van der Waals surface area contributed by atoms with Gasteiger partial charge < -0.3 is 9.67 Å². The van der Waals surface area contributed by atoms with Crippen LogP contribution in [0.4, 0.5) is 13.2 Å². The van der Waals surface area contributed by atoms with Gasteiger partial charge in [-0.3, -0.25) is 4.79 Å². The molecule has 0 spiro atoms. The van der Waals surface area contributed by atoms with Gasteiger partial charge in [-0.1, -0.05) is 29.8 Å². The van der Waals surface area contributed by atoms with Gasteiger partial charge >= 0.3 is 12.1 Å². The molecular weight excluding hydrogens is 445 g/mol. The molecule has 5 nitrogen and oxygen atoms in total. The van der Waals surface area contributed by atoms with Gasteiger partial charge in [0.15, 0.2) is 0 Å². The molecule has 0 saturated heterocycles. The molecule has 0 saturated carbocycles. The molecule has 0 atom stereocenters. The number of nitrogens with zero attached hydrogens (tertiary/aromatic N) is 2. The number of halogens is 4. The third kappa shape index (κ3) is 3.99. The number of pyridine rings is 1. The maximum atomic E-state index is 13.5. The molecule has 0 aliphatic carbocycles. The molecule has 0 aliphatic heterocycles. The zero-order valence-corrected chi connectivity index (χ0v) is 17.7. The van der Waals surface area contributed by atoms with Gasteiger partial charge in [0.1, 0.15) is 5.56 Å². The number of rotatable bonds is 4. The topological polar surface area (TPSA) is 83.1 Å². The first-order valence-corrected chi connectivity index (χ1v) is 9.77. The van der Waals surface area contributed by atoms with E-state index in [0.29, 0.717) is 22.3 Å². The summed E-state index contributed by atoms with van der Waals surface area (Å²) in [4.78, 5) is 25.4. The van der Waals surface area contributed by atoms with Crippen LogP contribution in [-0.2, 0) is 12.7 Å². The summed E-state index contributed by atoms with van der Waals surface area (Å²) < 4.78 is 42.0. The summed E-state index contributed by atoms with van der Waals surface area (Å²) in [5.74, 6) is -1.51. The van der Waals surface area contributed by atoms with E-state index in [4.69, 9.17) is 16.9 Å². The summed E-state index contributed by atoms with van der Waals surface area (Å²) in [6.45, 7) is 3.52. The number of carboxylic acid groups (broad SMARTS) is 1. The number of nitriles is 1. The Labute approximate surface area is 185 Å². The van der Waals surface area contributed by atoms with Crippen molar-refractivity contribution in [3.63, 3.8) is 0 Å². The van der Waals surface area contributed by atoms with Gasteiger partial charge in [0.25, 0.3) is 0 Å². The van der Waals surface area contributed by atoms with Gasteiger partial charge in [0.05, 0.1) is 22.9 Å². The monoisotopic (exact) mass is 460 g/mol. The Morgan fingerprint density at radius 3 is 2.25 bits per heavy atom. The summed E-state index contributed by atoms with van der Waals surface area (Å²) in [7, 11) is 0. The van der Waals surface area contributed by atoms with Crippen LogP contribution in [0.2, 0.25) is 5.02 Å². The normalized spacial score (nSPS) is 11.3. The van der Waals surface area contributed by atoms with Crippen molar-refractivity contribution in [2.45, 2.75) is 26.6 Å². The van der Waals surface area contributed by atoms with Crippen LogP contribution in [0.1, 0.15) is 34.1 Å². The lowest BCUT2D eigenvalue weighted by molar-refractivity contribution is -0.137. The molecule has 2 aromatic carbocycles. The van der Waals surface area contributed by atoms with Crippen molar-refractivity contribution in [1.29, 1.82) is 5.26 Å². The second kappa shape index (κ2) is 8.52. The van der Waals surface area contributed by atoms with Crippen molar-refractivity contribution in [3.8, 4) is 28.5 Å². The highest BCUT2D eigenvalue weighted by molar-refractivity contribution is 6.30. The summed E-state index contributed by atoms with van der Waals surface area (Å²) >= 11 is 5.92. The molecule has 1 heterocycles. The van der Waals surface area contributed by atoms with Crippen molar-refractivity contribution >= 4 is 17.6 Å². The molecule has 0 radical (unpaired) electrons. The first-order chi connectivity index (χ1) is 15.0. The van der Waals surface area contributed by atoms with Crippen LogP contribution >= 0.6 is 11.6 Å². The Hall–Kier alpha value is -3.57. The van der Waals surface area contributed by atoms with Gasteiger partial charge in [-0.25, -0.2) is 4.79 Å². The average Bonchev–Trinajstić information content (AvgIpc) is 2.73. The van der Waals surface area contributed by atoms with Gasteiger partial charge in [-0.2, -0.15) is 18.4 Å². The molecule has 1 aromatic heterocycles. The number of aromatic carboxylic acids is 1. The van der Waals surface area contributed by atoms with E-state index in [1.165, 1.54) is 19.1 Å². The molecule has 3 rings (SSSR count). The largest absolute Gasteiger partial charge is 0.477 e.